The molecule has 0 bridgehead atoms. The Morgan fingerprint density at radius 2 is 2.00 bits per heavy atom. The predicted molar refractivity (Wildman–Crippen MR) is 66.8 cm³/mol. The highest BCUT2D eigenvalue weighted by Crippen LogP contribution is 2.23. The van der Waals surface area contributed by atoms with E-state index in [1.807, 2.05) is 19.1 Å². The van der Waals surface area contributed by atoms with Gasteiger partial charge in [-0.1, -0.05) is 23.7 Å². The third-order valence-electron chi connectivity index (χ3n) is 2.47. The van der Waals surface area contributed by atoms with E-state index in [-0.39, 0.29) is 18.8 Å². The van der Waals surface area contributed by atoms with Crippen molar-refractivity contribution in [2.24, 2.45) is 0 Å². The Kier molecular flexibility index (Phi) is 5.99. The Morgan fingerprint density at radius 1 is 1.35 bits per heavy atom. The van der Waals surface area contributed by atoms with Gasteiger partial charge in [-0.3, -0.25) is 0 Å². The van der Waals surface area contributed by atoms with Crippen LogP contribution in [0, 0.1) is 11.3 Å². The van der Waals surface area contributed by atoms with Gasteiger partial charge in [0.05, 0.1) is 18.1 Å². The maximum Gasteiger partial charge on any atom is 0.146 e. The van der Waals surface area contributed by atoms with Gasteiger partial charge in [-0.15, -0.1) is 0 Å². The molecule has 0 amide bonds. The zero-order chi connectivity index (χ0) is 12.7. The van der Waals surface area contributed by atoms with Crippen LogP contribution in [0.2, 0.25) is 5.02 Å². The quantitative estimate of drug-likeness (QED) is 0.730. The van der Waals surface area contributed by atoms with Crippen LogP contribution in [0.25, 0.3) is 0 Å². The van der Waals surface area contributed by atoms with E-state index in [9.17, 15) is 0 Å². The van der Waals surface area contributed by atoms with Crippen LogP contribution in [-0.2, 0) is 9.47 Å². The van der Waals surface area contributed by atoms with Gasteiger partial charge in [0.1, 0.15) is 6.79 Å². The summed E-state index contributed by atoms with van der Waals surface area (Å²) in [6, 6.07) is 9.62. The molecule has 2 unspecified atom stereocenters. The number of rotatable bonds is 6. The molecule has 0 aliphatic heterocycles. The zero-order valence-electron chi connectivity index (χ0n) is 10.0. The van der Waals surface area contributed by atoms with E-state index in [1.165, 1.54) is 0 Å². The summed E-state index contributed by atoms with van der Waals surface area (Å²) in [6.07, 6.45) is 0.622. The SMILES string of the molecule is COCOC(C)CC(C#N)c1ccc(Cl)cc1. The van der Waals surface area contributed by atoms with Crippen LogP contribution in [0.15, 0.2) is 24.3 Å². The number of ether oxygens (including phenoxy) is 2. The van der Waals surface area contributed by atoms with Gasteiger partial charge < -0.3 is 9.47 Å². The Bertz CT molecular complexity index is 372. The minimum atomic E-state index is -0.181. The molecule has 0 aliphatic rings. The van der Waals surface area contributed by atoms with E-state index < -0.39 is 0 Å². The topological polar surface area (TPSA) is 42.2 Å². The van der Waals surface area contributed by atoms with E-state index in [0.29, 0.717) is 11.4 Å². The molecular formula is C13H16ClNO2. The van der Waals surface area contributed by atoms with Crippen LogP contribution < -0.4 is 0 Å². The van der Waals surface area contributed by atoms with Crippen LogP contribution in [0.3, 0.4) is 0 Å². The summed E-state index contributed by atoms with van der Waals surface area (Å²) in [7, 11) is 1.58. The van der Waals surface area contributed by atoms with Gasteiger partial charge in [0.15, 0.2) is 0 Å². The molecule has 0 saturated heterocycles. The van der Waals surface area contributed by atoms with Crippen LogP contribution in [0.4, 0.5) is 0 Å². The first-order valence-electron chi connectivity index (χ1n) is 5.43. The molecule has 92 valence electrons. The van der Waals surface area contributed by atoms with E-state index in [1.54, 1.807) is 19.2 Å². The molecule has 3 nitrogen and oxygen atoms in total. The van der Waals surface area contributed by atoms with Gasteiger partial charge in [-0.25, -0.2) is 0 Å². The van der Waals surface area contributed by atoms with E-state index in [0.717, 1.165) is 5.56 Å². The lowest BCUT2D eigenvalue weighted by molar-refractivity contribution is -0.0680. The molecule has 1 rings (SSSR count). The third-order valence-corrected chi connectivity index (χ3v) is 2.72. The van der Waals surface area contributed by atoms with Gasteiger partial charge >= 0.3 is 0 Å². The van der Waals surface area contributed by atoms with Gasteiger partial charge in [0.25, 0.3) is 0 Å². The molecule has 0 saturated carbocycles. The first-order chi connectivity index (χ1) is 8.17. The van der Waals surface area contributed by atoms with Gasteiger partial charge in [0.2, 0.25) is 0 Å². The fourth-order valence-electron chi connectivity index (χ4n) is 1.54. The largest absolute Gasteiger partial charge is 0.359 e. The molecule has 1 aromatic rings. The van der Waals surface area contributed by atoms with Crippen LogP contribution in [0.1, 0.15) is 24.8 Å². The third kappa shape index (κ3) is 4.74. The molecule has 4 heteroatoms. The highest BCUT2D eigenvalue weighted by atomic mass is 35.5. The van der Waals surface area contributed by atoms with E-state index in [2.05, 4.69) is 6.07 Å². The minimum Gasteiger partial charge on any atom is -0.359 e. The first-order valence-corrected chi connectivity index (χ1v) is 5.80. The van der Waals surface area contributed by atoms with Crippen molar-refractivity contribution in [1.82, 2.24) is 0 Å². The molecule has 0 radical (unpaired) electrons. The van der Waals surface area contributed by atoms with Crippen molar-refractivity contribution in [2.75, 3.05) is 13.9 Å². The van der Waals surface area contributed by atoms with Gasteiger partial charge in [-0.2, -0.15) is 5.26 Å². The number of hydrogen-bond donors (Lipinski definition) is 0. The number of methoxy groups -OCH3 is 1. The Hall–Kier alpha value is -1.08. The first kappa shape index (κ1) is 14.0. The lowest BCUT2D eigenvalue weighted by atomic mass is 9.95. The second-order valence-electron chi connectivity index (χ2n) is 3.85. The number of benzene rings is 1. The van der Waals surface area contributed by atoms with Gasteiger partial charge in [0, 0.05) is 12.1 Å². The lowest BCUT2D eigenvalue weighted by Crippen LogP contribution is -2.14. The van der Waals surface area contributed by atoms with Crippen LogP contribution in [-0.4, -0.2) is 20.0 Å². The molecule has 1 aromatic carbocycles. The van der Waals surface area contributed by atoms with Crippen molar-refractivity contribution in [2.45, 2.75) is 25.4 Å². The second-order valence-corrected chi connectivity index (χ2v) is 4.29. The average molecular weight is 254 g/mol. The second kappa shape index (κ2) is 7.29. The molecule has 0 heterocycles. The predicted octanol–water partition coefficient (Wildman–Crippen LogP) is 3.35. The molecule has 0 fully saturated rings. The molecule has 0 aromatic heterocycles. The lowest BCUT2D eigenvalue weighted by Gasteiger charge is -2.16. The standard InChI is InChI=1S/C13H16ClNO2/c1-10(17-9-16-2)7-12(8-15)11-3-5-13(14)6-4-11/h3-6,10,12H,7,9H2,1-2H3. The summed E-state index contributed by atoms with van der Waals surface area (Å²) >= 11 is 5.81. The van der Waals surface area contributed by atoms with E-state index in [4.69, 9.17) is 26.3 Å². The number of hydrogen-bond acceptors (Lipinski definition) is 3. The van der Waals surface area contributed by atoms with Crippen molar-refractivity contribution >= 4 is 11.6 Å². The van der Waals surface area contributed by atoms with Crippen molar-refractivity contribution in [1.29, 1.82) is 5.26 Å². The summed E-state index contributed by atoms with van der Waals surface area (Å²) in [5.74, 6) is -0.181. The van der Waals surface area contributed by atoms with Crippen molar-refractivity contribution in [3.8, 4) is 6.07 Å². The number of nitrogens with zero attached hydrogens (tertiary/aromatic N) is 1. The Labute approximate surface area is 107 Å². The fourth-order valence-corrected chi connectivity index (χ4v) is 1.67. The monoisotopic (exact) mass is 253 g/mol. The summed E-state index contributed by atoms with van der Waals surface area (Å²) in [6.45, 7) is 2.18. The van der Waals surface area contributed by atoms with Crippen LogP contribution >= 0.6 is 11.6 Å². The number of nitriles is 1. The van der Waals surface area contributed by atoms with E-state index >= 15 is 0 Å². The zero-order valence-corrected chi connectivity index (χ0v) is 10.8. The van der Waals surface area contributed by atoms with Crippen molar-refractivity contribution in [3.05, 3.63) is 34.9 Å². The molecular weight excluding hydrogens is 238 g/mol. The normalized spacial score (nSPS) is 14.0. The minimum absolute atomic E-state index is 0.0183. The highest BCUT2D eigenvalue weighted by Gasteiger charge is 2.15. The van der Waals surface area contributed by atoms with Crippen LogP contribution in [0.5, 0.6) is 0 Å². The van der Waals surface area contributed by atoms with Crippen molar-refractivity contribution < 1.29 is 9.47 Å². The summed E-state index contributed by atoms with van der Waals surface area (Å²) < 4.78 is 10.2. The maximum absolute atomic E-state index is 9.15. The molecule has 0 spiro atoms. The molecule has 17 heavy (non-hydrogen) atoms. The maximum atomic E-state index is 9.15. The highest BCUT2D eigenvalue weighted by molar-refractivity contribution is 6.30. The summed E-state index contributed by atoms with van der Waals surface area (Å²) in [4.78, 5) is 0. The molecule has 0 N–H and O–H groups in total. The Morgan fingerprint density at radius 3 is 2.53 bits per heavy atom. The fraction of sp³-hybridized carbons (Fsp3) is 0.462. The summed E-state index contributed by atoms with van der Waals surface area (Å²) in [5, 5.41) is 9.83. The smallest absolute Gasteiger partial charge is 0.146 e. The summed E-state index contributed by atoms with van der Waals surface area (Å²) in [5.41, 5.74) is 0.963. The molecule has 2 atom stereocenters. The van der Waals surface area contributed by atoms with Gasteiger partial charge in [-0.05, 0) is 31.0 Å². The molecule has 0 aliphatic carbocycles. The Balaban J connectivity index is 2.60. The number of halogens is 1. The van der Waals surface area contributed by atoms with Crippen molar-refractivity contribution in [3.63, 3.8) is 0 Å². The average Bonchev–Trinajstić information content (AvgIpc) is 2.34.